The molecule has 0 saturated heterocycles. The van der Waals surface area contributed by atoms with Crippen molar-refractivity contribution in [2.75, 3.05) is 20.1 Å². The van der Waals surface area contributed by atoms with Crippen molar-refractivity contribution in [2.24, 2.45) is 5.92 Å². The van der Waals surface area contributed by atoms with Gasteiger partial charge in [-0.25, -0.2) is 9.59 Å². The third kappa shape index (κ3) is 6.78. The summed E-state index contributed by atoms with van der Waals surface area (Å²) >= 11 is 0. The van der Waals surface area contributed by atoms with Crippen LogP contribution < -0.4 is 5.32 Å². The van der Waals surface area contributed by atoms with E-state index in [1.807, 2.05) is 0 Å². The van der Waals surface area contributed by atoms with Crippen LogP contribution in [0.25, 0.3) is 0 Å². The first-order valence-corrected chi connectivity index (χ1v) is 5.78. The van der Waals surface area contributed by atoms with Gasteiger partial charge in [0.2, 0.25) is 0 Å². The fourth-order valence-electron chi connectivity index (χ4n) is 1.25. The van der Waals surface area contributed by atoms with E-state index in [0.29, 0.717) is 12.5 Å². The molecule has 0 aliphatic carbocycles. The Morgan fingerprint density at radius 1 is 1.41 bits per heavy atom. The normalized spacial score (nSPS) is 13.9. The summed E-state index contributed by atoms with van der Waals surface area (Å²) < 4.78 is 0. The fourth-order valence-corrected chi connectivity index (χ4v) is 1.25. The second-order valence-electron chi connectivity index (χ2n) is 4.27. The summed E-state index contributed by atoms with van der Waals surface area (Å²) in [7, 11) is 1.69. The third-order valence-electron chi connectivity index (χ3n) is 2.61. The maximum Gasteiger partial charge on any atom is 0.332 e. The smallest absolute Gasteiger partial charge is 0.332 e. The van der Waals surface area contributed by atoms with Gasteiger partial charge < -0.3 is 20.4 Å². The highest BCUT2D eigenvalue weighted by Crippen LogP contribution is 2.02. The number of aliphatic carboxylic acids is 1. The molecule has 0 rings (SSSR count). The molecule has 6 heteroatoms. The molecule has 0 spiro atoms. The molecular weight excluding hydrogens is 224 g/mol. The molecular formula is C11H22N2O4. The molecule has 0 aromatic heterocycles. The molecule has 0 radical (unpaired) electrons. The van der Waals surface area contributed by atoms with E-state index in [9.17, 15) is 9.59 Å². The zero-order valence-corrected chi connectivity index (χ0v) is 10.6. The summed E-state index contributed by atoms with van der Waals surface area (Å²) in [5.74, 6) is -0.845. The maximum atomic E-state index is 11.5. The maximum absolute atomic E-state index is 11.5. The van der Waals surface area contributed by atoms with Gasteiger partial charge in [0.05, 0.1) is 0 Å². The van der Waals surface area contributed by atoms with E-state index in [2.05, 4.69) is 19.2 Å². The number of aliphatic hydroxyl groups excluding tert-OH is 1. The Morgan fingerprint density at radius 3 is 2.47 bits per heavy atom. The number of urea groups is 1. The van der Waals surface area contributed by atoms with E-state index in [0.717, 1.165) is 6.42 Å². The van der Waals surface area contributed by atoms with Crippen molar-refractivity contribution in [1.29, 1.82) is 0 Å². The highest BCUT2D eigenvalue weighted by molar-refractivity contribution is 5.74. The van der Waals surface area contributed by atoms with Crippen LogP contribution in [0, 0.1) is 5.92 Å². The van der Waals surface area contributed by atoms with E-state index in [1.165, 1.54) is 0 Å². The zero-order chi connectivity index (χ0) is 13.4. The fraction of sp³-hybridized carbons (Fsp3) is 0.818. The minimum atomic E-state index is -1.42. The van der Waals surface area contributed by atoms with E-state index in [4.69, 9.17) is 10.2 Å². The Hall–Kier alpha value is -1.30. The minimum absolute atomic E-state index is 0.0121. The molecule has 2 atom stereocenters. The second kappa shape index (κ2) is 7.89. The van der Waals surface area contributed by atoms with Crippen LogP contribution in [0.3, 0.4) is 0 Å². The number of hydrogen-bond donors (Lipinski definition) is 3. The topological polar surface area (TPSA) is 89.9 Å². The highest BCUT2D eigenvalue weighted by Gasteiger charge is 2.14. The van der Waals surface area contributed by atoms with Crippen molar-refractivity contribution in [3.05, 3.63) is 0 Å². The third-order valence-corrected chi connectivity index (χ3v) is 2.61. The number of carboxylic acids is 1. The van der Waals surface area contributed by atoms with Crippen LogP contribution in [0.5, 0.6) is 0 Å². The van der Waals surface area contributed by atoms with Crippen LogP contribution in [-0.2, 0) is 4.79 Å². The summed E-state index contributed by atoms with van der Waals surface area (Å²) in [6.07, 6.45) is -0.414. The van der Waals surface area contributed by atoms with E-state index in [1.54, 1.807) is 11.9 Å². The number of nitrogens with zero attached hydrogens (tertiary/aromatic N) is 1. The molecule has 0 saturated carbocycles. The summed E-state index contributed by atoms with van der Waals surface area (Å²) in [5, 5.41) is 20.0. The molecule has 0 aliphatic heterocycles. The molecule has 17 heavy (non-hydrogen) atoms. The molecule has 100 valence electrons. The standard InChI is InChI=1S/C11H22N2O4/c1-4-8(2)7-13(3)11(17)12-6-5-9(14)10(15)16/h8-9,14H,4-7H2,1-3H3,(H,12,17)(H,15,16). The van der Waals surface area contributed by atoms with Crippen molar-refractivity contribution >= 4 is 12.0 Å². The largest absolute Gasteiger partial charge is 0.479 e. The van der Waals surface area contributed by atoms with E-state index in [-0.39, 0.29) is 19.0 Å². The molecule has 6 nitrogen and oxygen atoms in total. The van der Waals surface area contributed by atoms with Crippen molar-refractivity contribution in [3.63, 3.8) is 0 Å². The summed E-state index contributed by atoms with van der Waals surface area (Å²) in [4.78, 5) is 23.4. The number of rotatable bonds is 7. The lowest BCUT2D eigenvalue weighted by Gasteiger charge is -2.21. The first kappa shape index (κ1) is 15.7. The molecule has 0 aromatic rings. The molecule has 3 N–H and O–H groups in total. The Kier molecular flexibility index (Phi) is 7.29. The predicted octanol–water partition coefficient (Wildman–Crippen LogP) is 0.509. The lowest BCUT2D eigenvalue weighted by atomic mass is 10.1. The van der Waals surface area contributed by atoms with Gasteiger partial charge in [0, 0.05) is 26.6 Å². The Balaban J connectivity index is 3.82. The molecule has 0 aromatic carbocycles. The Morgan fingerprint density at radius 2 is 2.00 bits per heavy atom. The monoisotopic (exact) mass is 246 g/mol. The lowest BCUT2D eigenvalue weighted by molar-refractivity contribution is -0.146. The summed E-state index contributed by atoms with van der Waals surface area (Å²) in [5.41, 5.74) is 0. The van der Waals surface area contributed by atoms with Gasteiger partial charge in [-0.1, -0.05) is 20.3 Å². The van der Waals surface area contributed by atoms with Gasteiger partial charge in [-0.05, 0) is 5.92 Å². The first-order chi connectivity index (χ1) is 7.88. The molecule has 0 heterocycles. The van der Waals surface area contributed by atoms with Crippen molar-refractivity contribution in [3.8, 4) is 0 Å². The minimum Gasteiger partial charge on any atom is -0.479 e. The Bertz CT molecular complexity index is 258. The summed E-state index contributed by atoms with van der Waals surface area (Å²) in [6, 6.07) is -0.247. The molecule has 2 unspecified atom stereocenters. The number of carbonyl (C=O) groups excluding carboxylic acids is 1. The van der Waals surface area contributed by atoms with Gasteiger partial charge in [0.15, 0.2) is 6.10 Å². The van der Waals surface area contributed by atoms with Gasteiger partial charge in [-0.15, -0.1) is 0 Å². The van der Waals surface area contributed by atoms with Crippen LogP contribution in [0.4, 0.5) is 4.79 Å². The zero-order valence-electron chi connectivity index (χ0n) is 10.6. The first-order valence-electron chi connectivity index (χ1n) is 5.78. The van der Waals surface area contributed by atoms with Gasteiger partial charge in [0.25, 0.3) is 0 Å². The second-order valence-corrected chi connectivity index (χ2v) is 4.27. The quantitative estimate of drug-likeness (QED) is 0.610. The molecule has 0 aliphatic rings. The van der Waals surface area contributed by atoms with Gasteiger partial charge >= 0.3 is 12.0 Å². The van der Waals surface area contributed by atoms with Gasteiger partial charge in [-0.2, -0.15) is 0 Å². The van der Waals surface area contributed by atoms with Crippen LogP contribution in [0.2, 0.25) is 0 Å². The highest BCUT2D eigenvalue weighted by atomic mass is 16.4. The van der Waals surface area contributed by atoms with E-state index < -0.39 is 12.1 Å². The average molecular weight is 246 g/mol. The predicted molar refractivity (Wildman–Crippen MR) is 63.7 cm³/mol. The number of hydrogen-bond acceptors (Lipinski definition) is 3. The van der Waals surface area contributed by atoms with Crippen LogP contribution in [0.1, 0.15) is 26.7 Å². The number of aliphatic hydroxyl groups is 1. The van der Waals surface area contributed by atoms with Crippen molar-refractivity contribution in [2.45, 2.75) is 32.8 Å². The van der Waals surface area contributed by atoms with Gasteiger partial charge in [-0.3, -0.25) is 0 Å². The number of carboxylic acid groups (broad SMARTS) is 1. The molecule has 0 fully saturated rings. The number of amides is 2. The van der Waals surface area contributed by atoms with Crippen LogP contribution >= 0.6 is 0 Å². The number of nitrogens with one attached hydrogen (secondary N) is 1. The summed E-state index contributed by atoms with van der Waals surface area (Å²) in [6.45, 7) is 4.92. The van der Waals surface area contributed by atoms with Crippen LogP contribution in [0.15, 0.2) is 0 Å². The lowest BCUT2D eigenvalue weighted by Crippen LogP contribution is -2.40. The van der Waals surface area contributed by atoms with E-state index >= 15 is 0 Å². The van der Waals surface area contributed by atoms with Crippen molar-refractivity contribution < 1.29 is 19.8 Å². The van der Waals surface area contributed by atoms with Crippen LogP contribution in [-0.4, -0.2) is 53.4 Å². The molecule has 0 bridgehead atoms. The average Bonchev–Trinajstić information content (AvgIpc) is 2.28. The number of carbonyl (C=O) groups is 2. The SMILES string of the molecule is CCC(C)CN(C)C(=O)NCCC(O)C(=O)O. The Labute approximate surface area is 102 Å². The van der Waals surface area contributed by atoms with Crippen molar-refractivity contribution in [1.82, 2.24) is 10.2 Å². The van der Waals surface area contributed by atoms with Gasteiger partial charge in [0.1, 0.15) is 0 Å². The molecule has 2 amide bonds.